The number of nitrogens with one attached hydrogen (secondary N) is 2. The number of halogens is 2. The number of nitrogens with zero attached hydrogens (tertiary/aromatic N) is 3. The van der Waals surface area contributed by atoms with Gasteiger partial charge in [0, 0.05) is 21.7 Å². The van der Waals surface area contributed by atoms with Crippen molar-refractivity contribution in [1.29, 1.82) is 0 Å². The van der Waals surface area contributed by atoms with Crippen molar-refractivity contribution in [1.82, 2.24) is 25.9 Å². The molecule has 0 bridgehead atoms. The third-order valence-corrected chi connectivity index (χ3v) is 2.87. The summed E-state index contributed by atoms with van der Waals surface area (Å²) in [5.41, 5.74) is 0.598. The van der Waals surface area contributed by atoms with E-state index in [4.69, 9.17) is 23.2 Å². The van der Waals surface area contributed by atoms with E-state index in [1.807, 2.05) is 0 Å². The number of tetrazole rings is 1. The van der Waals surface area contributed by atoms with E-state index in [0.717, 1.165) is 0 Å². The van der Waals surface area contributed by atoms with Gasteiger partial charge in [0.05, 0.1) is 6.54 Å². The van der Waals surface area contributed by atoms with Crippen LogP contribution in [-0.4, -0.2) is 26.5 Å². The fourth-order valence-corrected chi connectivity index (χ4v) is 1.83. The minimum absolute atomic E-state index is 0.190. The van der Waals surface area contributed by atoms with Crippen LogP contribution in [0.4, 0.5) is 0 Å². The maximum absolute atomic E-state index is 11.6. The van der Waals surface area contributed by atoms with Gasteiger partial charge in [-0.2, -0.15) is 5.21 Å². The van der Waals surface area contributed by atoms with Gasteiger partial charge in [-0.25, -0.2) is 0 Å². The van der Waals surface area contributed by atoms with Crippen molar-refractivity contribution in [3.05, 3.63) is 45.7 Å². The largest absolute Gasteiger partial charge is 0.345 e. The van der Waals surface area contributed by atoms with Crippen LogP contribution in [0.15, 0.2) is 24.3 Å². The first-order valence-corrected chi connectivity index (χ1v) is 6.04. The second kappa shape index (κ2) is 6.31. The molecule has 0 aliphatic carbocycles. The molecule has 1 heterocycles. The number of hydrogen-bond acceptors (Lipinski definition) is 4. The quantitative estimate of drug-likeness (QED) is 0.844. The van der Waals surface area contributed by atoms with E-state index in [1.165, 1.54) is 6.08 Å². The predicted octanol–water partition coefficient (Wildman–Crippen LogP) is 1.84. The number of H-pyrrole nitrogens is 1. The smallest absolute Gasteiger partial charge is 0.244 e. The van der Waals surface area contributed by atoms with Gasteiger partial charge in [0.25, 0.3) is 0 Å². The number of aromatic amines is 1. The molecule has 0 atom stereocenters. The summed E-state index contributed by atoms with van der Waals surface area (Å²) in [5.74, 6) is 0.0957. The van der Waals surface area contributed by atoms with Crippen LogP contribution in [0.5, 0.6) is 0 Å². The number of rotatable bonds is 4. The van der Waals surface area contributed by atoms with Crippen LogP contribution < -0.4 is 5.32 Å². The molecule has 1 aromatic carbocycles. The second-order valence-electron chi connectivity index (χ2n) is 3.51. The highest BCUT2D eigenvalue weighted by molar-refractivity contribution is 6.37. The maximum Gasteiger partial charge on any atom is 0.244 e. The number of carbonyl (C=O) groups is 1. The first-order valence-electron chi connectivity index (χ1n) is 5.29. The third-order valence-electron chi connectivity index (χ3n) is 2.21. The van der Waals surface area contributed by atoms with E-state index in [1.54, 1.807) is 24.3 Å². The Balaban J connectivity index is 1.96. The van der Waals surface area contributed by atoms with Crippen molar-refractivity contribution in [2.24, 2.45) is 0 Å². The first kappa shape index (κ1) is 13.5. The number of carbonyl (C=O) groups excluding carboxylic acids is 1. The average molecular weight is 298 g/mol. The first-order chi connectivity index (χ1) is 9.16. The van der Waals surface area contributed by atoms with Gasteiger partial charge in [0.1, 0.15) is 0 Å². The van der Waals surface area contributed by atoms with E-state index in [-0.39, 0.29) is 12.5 Å². The van der Waals surface area contributed by atoms with E-state index < -0.39 is 0 Å². The number of aromatic nitrogens is 4. The SMILES string of the molecule is O=C(C=Cc1c(Cl)cccc1Cl)NCc1nn[nH]n1. The van der Waals surface area contributed by atoms with Crippen molar-refractivity contribution in [3.63, 3.8) is 0 Å². The van der Waals surface area contributed by atoms with Gasteiger partial charge in [-0.1, -0.05) is 34.5 Å². The maximum atomic E-state index is 11.6. The Morgan fingerprint density at radius 2 is 2.11 bits per heavy atom. The molecular weight excluding hydrogens is 289 g/mol. The summed E-state index contributed by atoms with van der Waals surface area (Å²) in [6, 6.07) is 5.13. The number of amides is 1. The molecule has 1 aromatic heterocycles. The van der Waals surface area contributed by atoms with Crippen molar-refractivity contribution in [2.45, 2.75) is 6.54 Å². The summed E-state index contributed by atoms with van der Waals surface area (Å²) in [6.45, 7) is 0.190. The monoisotopic (exact) mass is 297 g/mol. The zero-order chi connectivity index (χ0) is 13.7. The lowest BCUT2D eigenvalue weighted by Gasteiger charge is -2.01. The molecule has 0 unspecified atom stereocenters. The lowest BCUT2D eigenvalue weighted by atomic mass is 10.2. The zero-order valence-corrected chi connectivity index (χ0v) is 11.1. The molecule has 0 saturated carbocycles. The molecule has 2 N–H and O–H groups in total. The third kappa shape index (κ3) is 3.77. The Morgan fingerprint density at radius 1 is 1.37 bits per heavy atom. The van der Waals surface area contributed by atoms with Gasteiger partial charge in [-0.05, 0) is 18.2 Å². The molecule has 0 radical (unpaired) electrons. The van der Waals surface area contributed by atoms with Crippen LogP contribution in [0.25, 0.3) is 6.08 Å². The Kier molecular flexibility index (Phi) is 4.48. The van der Waals surface area contributed by atoms with Crippen molar-refractivity contribution in [2.75, 3.05) is 0 Å². The van der Waals surface area contributed by atoms with Gasteiger partial charge in [-0.3, -0.25) is 4.79 Å². The number of hydrogen-bond donors (Lipinski definition) is 2. The molecule has 0 aliphatic rings. The predicted molar refractivity (Wildman–Crippen MR) is 71.5 cm³/mol. The molecular formula is C11H9Cl2N5O. The van der Waals surface area contributed by atoms with Crippen LogP contribution in [0.2, 0.25) is 10.0 Å². The molecule has 0 spiro atoms. The van der Waals surface area contributed by atoms with Crippen LogP contribution in [-0.2, 0) is 11.3 Å². The Morgan fingerprint density at radius 3 is 2.74 bits per heavy atom. The molecule has 0 fully saturated rings. The Hall–Kier alpha value is -1.92. The normalized spacial score (nSPS) is 10.8. The Bertz CT molecular complexity index is 577. The minimum Gasteiger partial charge on any atom is -0.345 e. The van der Waals surface area contributed by atoms with Gasteiger partial charge in [0.15, 0.2) is 5.82 Å². The summed E-state index contributed by atoms with van der Waals surface area (Å²) in [5, 5.41) is 16.6. The second-order valence-corrected chi connectivity index (χ2v) is 4.33. The van der Waals surface area contributed by atoms with Crippen molar-refractivity contribution < 1.29 is 4.79 Å². The molecule has 8 heteroatoms. The summed E-state index contributed by atoms with van der Waals surface area (Å²) in [6.07, 6.45) is 2.89. The zero-order valence-electron chi connectivity index (χ0n) is 9.60. The van der Waals surface area contributed by atoms with Crippen LogP contribution in [0.3, 0.4) is 0 Å². The summed E-state index contributed by atoms with van der Waals surface area (Å²) in [7, 11) is 0. The van der Waals surface area contributed by atoms with E-state index in [0.29, 0.717) is 21.4 Å². The highest BCUT2D eigenvalue weighted by Crippen LogP contribution is 2.25. The van der Waals surface area contributed by atoms with Gasteiger partial charge in [-0.15, -0.1) is 10.2 Å². The van der Waals surface area contributed by atoms with Crippen LogP contribution in [0.1, 0.15) is 11.4 Å². The minimum atomic E-state index is -0.305. The molecule has 2 rings (SSSR count). The van der Waals surface area contributed by atoms with Crippen molar-refractivity contribution in [3.8, 4) is 0 Å². The molecule has 2 aromatic rings. The highest BCUT2D eigenvalue weighted by atomic mass is 35.5. The fraction of sp³-hybridized carbons (Fsp3) is 0.0909. The van der Waals surface area contributed by atoms with Crippen molar-refractivity contribution >= 4 is 35.2 Å². The fourth-order valence-electron chi connectivity index (χ4n) is 1.31. The summed E-state index contributed by atoms with van der Waals surface area (Å²) >= 11 is 11.9. The van der Waals surface area contributed by atoms with E-state index in [9.17, 15) is 4.79 Å². The molecule has 19 heavy (non-hydrogen) atoms. The van der Waals surface area contributed by atoms with Gasteiger partial charge < -0.3 is 5.32 Å². The standard InChI is InChI=1S/C11H9Cl2N5O/c12-8-2-1-3-9(13)7(8)4-5-11(19)14-6-10-15-17-18-16-10/h1-5H,6H2,(H,14,19)(H,15,16,17,18). The average Bonchev–Trinajstić information content (AvgIpc) is 2.89. The lowest BCUT2D eigenvalue weighted by molar-refractivity contribution is -0.116. The molecule has 98 valence electrons. The van der Waals surface area contributed by atoms with Gasteiger partial charge >= 0.3 is 0 Å². The van der Waals surface area contributed by atoms with Crippen LogP contribution >= 0.6 is 23.2 Å². The molecule has 0 aliphatic heterocycles. The lowest BCUT2D eigenvalue weighted by Crippen LogP contribution is -2.21. The summed E-state index contributed by atoms with van der Waals surface area (Å²) < 4.78 is 0. The van der Waals surface area contributed by atoms with E-state index >= 15 is 0 Å². The molecule has 1 amide bonds. The van der Waals surface area contributed by atoms with Crippen LogP contribution in [0, 0.1) is 0 Å². The topological polar surface area (TPSA) is 83.6 Å². The summed E-state index contributed by atoms with van der Waals surface area (Å²) in [4.78, 5) is 11.6. The van der Waals surface area contributed by atoms with Gasteiger partial charge in [0.2, 0.25) is 5.91 Å². The number of benzene rings is 1. The molecule has 0 saturated heterocycles. The molecule has 6 nitrogen and oxygen atoms in total. The highest BCUT2D eigenvalue weighted by Gasteiger charge is 2.03. The Labute approximate surface area is 118 Å². The van der Waals surface area contributed by atoms with E-state index in [2.05, 4.69) is 25.9 Å².